The number of rotatable bonds is 4. The zero-order valence-electron chi connectivity index (χ0n) is 16.2. The van der Waals surface area contributed by atoms with Crippen molar-refractivity contribution in [3.05, 3.63) is 36.3 Å². The molecule has 1 saturated carbocycles. The molecule has 7 nitrogen and oxygen atoms in total. The summed E-state index contributed by atoms with van der Waals surface area (Å²) in [6, 6.07) is 4.26. The average molecular weight is 366 g/mol. The first-order valence-corrected chi connectivity index (χ1v) is 9.35. The smallest absolute Gasteiger partial charge is 0.252 e. The maximum Gasteiger partial charge on any atom is 0.252 e. The van der Waals surface area contributed by atoms with Crippen LogP contribution in [-0.4, -0.2) is 31.3 Å². The average Bonchev–Trinajstić information content (AvgIpc) is 3.28. The molecule has 1 aliphatic rings. The van der Waals surface area contributed by atoms with E-state index in [1.165, 1.54) is 6.42 Å². The third-order valence-electron chi connectivity index (χ3n) is 6.39. The quantitative estimate of drug-likeness (QED) is 0.742. The van der Waals surface area contributed by atoms with Gasteiger partial charge in [0.2, 0.25) is 0 Å². The Morgan fingerprint density at radius 3 is 2.70 bits per heavy atom. The van der Waals surface area contributed by atoms with Crippen molar-refractivity contribution in [2.45, 2.75) is 39.7 Å². The number of aryl methyl sites for hydroxylation is 1. The molecule has 3 aromatic heterocycles. The Morgan fingerprint density at radius 1 is 1.33 bits per heavy atom. The largest absolute Gasteiger partial charge is 0.379 e. The first-order chi connectivity index (χ1) is 12.8. The lowest BCUT2D eigenvalue weighted by molar-refractivity contribution is 0.100. The van der Waals surface area contributed by atoms with Crippen LogP contribution in [0, 0.1) is 11.3 Å². The third kappa shape index (κ3) is 2.78. The van der Waals surface area contributed by atoms with Crippen molar-refractivity contribution in [3.63, 3.8) is 0 Å². The van der Waals surface area contributed by atoms with E-state index in [0.29, 0.717) is 11.5 Å². The van der Waals surface area contributed by atoms with Crippen LogP contribution in [-0.2, 0) is 7.05 Å². The molecule has 1 unspecified atom stereocenters. The fourth-order valence-electron chi connectivity index (χ4n) is 4.13. The van der Waals surface area contributed by atoms with E-state index in [0.717, 1.165) is 28.9 Å². The Balaban J connectivity index is 1.84. The monoisotopic (exact) mass is 366 g/mol. The van der Waals surface area contributed by atoms with Gasteiger partial charge in [0.15, 0.2) is 0 Å². The van der Waals surface area contributed by atoms with Gasteiger partial charge in [-0.05, 0) is 36.3 Å². The molecule has 3 N–H and O–H groups in total. The summed E-state index contributed by atoms with van der Waals surface area (Å²) in [5.74, 6) is 0.140. The van der Waals surface area contributed by atoms with Crippen LogP contribution in [0.2, 0.25) is 0 Å². The van der Waals surface area contributed by atoms with Gasteiger partial charge in [-0.2, -0.15) is 10.2 Å². The molecular formula is C20H26N6O. The second kappa shape index (κ2) is 6.11. The van der Waals surface area contributed by atoms with Gasteiger partial charge in [-0.25, -0.2) is 4.52 Å². The highest BCUT2D eigenvalue weighted by Crippen LogP contribution is 2.44. The number of anilines is 1. The molecule has 0 radical (unpaired) electrons. The highest BCUT2D eigenvalue weighted by molar-refractivity contribution is 6.02. The van der Waals surface area contributed by atoms with Crippen molar-refractivity contribution < 1.29 is 4.79 Å². The van der Waals surface area contributed by atoms with E-state index >= 15 is 0 Å². The molecule has 0 saturated heterocycles. The number of hydrogen-bond donors (Lipinski definition) is 2. The van der Waals surface area contributed by atoms with Crippen molar-refractivity contribution in [3.8, 4) is 11.3 Å². The van der Waals surface area contributed by atoms with Gasteiger partial charge in [-0.1, -0.05) is 20.8 Å². The summed E-state index contributed by atoms with van der Waals surface area (Å²) < 4.78 is 3.61. The summed E-state index contributed by atoms with van der Waals surface area (Å²) in [5, 5.41) is 12.3. The van der Waals surface area contributed by atoms with Crippen molar-refractivity contribution in [2.75, 3.05) is 5.32 Å². The number of nitrogens with zero attached hydrogens (tertiary/aromatic N) is 4. The van der Waals surface area contributed by atoms with Gasteiger partial charge in [0.25, 0.3) is 5.91 Å². The molecule has 0 spiro atoms. The minimum Gasteiger partial charge on any atom is -0.379 e. The Labute approximate surface area is 158 Å². The summed E-state index contributed by atoms with van der Waals surface area (Å²) in [6.07, 6.45) is 7.50. The minimum atomic E-state index is -0.473. The molecule has 0 aromatic carbocycles. The molecule has 142 valence electrons. The maximum atomic E-state index is 12.1. The zero-order valence-corrected chi connectivity index (χ0v) is 16.2. The molecule has 3 aromatic rings. The topological polar surface area (TPSA) is 90.2 Å². The van der Waals surface area contributed by atoms with Gasteiger partial charge < -0.3 is 11.1 Å². The van der Waals surface area contributed by atoms with Gasteiger partial charge in [0.05, 0.1) is 28.7 Å². The Morgan fingerprint density at radius 2 is 2.11 bits per heavy atom. The number of amides is 1. The fourth-order valence-corrected chi connectivity index (χ4v) is 4.13. The lowest BCUT2D eigenvalue weighted by atomic mass is 9.80. The second-order valence-corrected chi connectivity index (χ2v) is 8.19. The van der Waals surface area contributed by atoms with E-state index < -0.39 is 5.91 Å². The zero-order chi connectivity index (χ0) is 19.3. The summed E-state index contributed by atoms with van der Waals surface area (Å²) in [6.45, 7) is 6.85. The Bertz CT molecular complexity index is 1010. The SMILES string of the molecule is CC1CC[C@@H](Nc2c(C(N)=O)cnn3cc(-c4ccnn4C)cc23)C1(C)C. The number of nitrogens with two attached hydrogens (primary N) is 1. The molecule has 1 aliphatic carbocycles. The number of aromatic nitrogens is 4. The number of nitrogens with one attached hydrogen (secondary N) is 1. The molecular weight excluding hydrogens is 340 g/mol. The predicted molar refractivity (Wildman–Crippen MR) is 106 cm³/mol. The van der Waals surface area contributed by atoms with Crippen LogP contribution >= 0.6 is 0 Å². The number of primary amides is 1. The predicted octanol–water partition coefficient (Wildman–Crippen LogP) is 3.07. The van der Waals surface area contributed by atoms with Crippen LogP contribution < -0.4 is 11.1 Å². The highest BCUT2D eigenvalue weighted by atomic mass is 16.1. The standard InChI is InChI=1S/C20H26N6O/c1-12-5-6-17(20(12,2)3)24-18-14(19(21)27)10-23-26-11-13(9-16(18)26)15-7-8-22-25(15)4/h7-12,17,24H,5-6H2,1-4H3,(H2,21,27)/t12?,17-/m1/s1. The lowest BCUT2D eigenvalue weighted by Gasteiger charge is -2.33. The summed E-state index contributed by atoms with van der Waals surface area (Å²) in [4.78, 5) is 12.1. The molecule has 0 bridgehead atoms. The molecule has 7 heteroatoms. The molecule has 1 amide bonds. The maximum absolute atomic E-state index is 12.1. The lowest BCUT2D eigenvalue weighted by Crippen LogP contribution is -2.35. The van der Waals surface area contributed by atoms with Crippen molar-refractivity contribution >= 4 is 17.1 Å². The molecule has 0 aliphatic heterocycles. The van der Waals surface area contributed by atoms with Gasteiger partial charge >= 0.3 is 0 Å². The van der Waals surface area contributed by atoms with E-state index in [4.69, 9.17) is 5.73 Å². The van der Waals surface area contributed by atoms with Crippen LogP contribution in [0.15, 0.2) is 30.7 Å². The number of carbonyl (C=O) groups excluding carboxylic acids is 1. The van der Waals surface area contributed by atoms with Gasteiger partial charge in [-0.15, -0.1) is 0 Å². The first kappa shape index (κ1) is 17.6. The van der Waals surface area contributed by atoms with Crippen LogP contribution in [0.25, 0.3) is 16.8 Å². The van der Waals surface area contributed by atoms with E-state index in [1.807, 2.05) is 30.1 Å². The van der Waals surface area contributed by atoms with E-state index in [1.54, 1.807) is 16.9 Å². The number of carbonyl (C=O) groups is 1. The number of hydrogen-bond acceptors (Lipinski definition) is 4. The summed E-state index contributed by atoms with van der Waals surface area (Å²) >= 11 is 0. The second-order valence-electron chi connectivity index (χ2n) is 8.19. The minimum absolute atomic E-state index is 0.132. The molecule has 27 heavy (non-hydrogen) atoms. The van der Waals surface area contributed by atoms with Crippen molar-refractivity contribution in [2.24, 2.45) is 24.1 Å². The van der Waals surface area contributed by atoms with Gasteiger partial charge in [0.1, 0.15) is 0 Å². The van der Waals surface area contributed by atoms with E-state index in [9.17, 15) is 4.79 Å². The fraction of sp³-hybridized carbons (Fsp3) is 0.450. The van der Waals surface area contributed by atoms with Gasteiger partial charge in [0, 0.05) is 31.0 Å². The summed E-state index contributed by atoms with van der Waals surface area (Å²) in [5.41, 5.74) is 9.80. The summed E-state index contributed by atoms with van der Waals surface area (Å²) in [7, 11) is 1.90. The van der Waals surface area contributed by atoms with Crippen molar-refractivity contribution in [1.82, 2.24) is 19.4 Å². The molecule has 2 atom stereocenters. The van der Waals surface area contributed by atoms with Crippen LogP contribution in [0.5, 0.6) is 0 Å². The highest BCUT2D eigenvalue weighted by Gasteiger charge is 2.41. The van der Waals surface area contributed by atoms with Crippen LogP contribution in [0.4, 0.5) is 5.69 Å². The normalized spacial score (nSPS) is 21.6. The van der Waals surface area contributed by atoms with Crippen LogP contribution in [0.3, 0.4) is 0 Å². The molecule has 1 fully saturated rings. The van der Waals surface area contributed by atoms with Gasteiger partial charge in [-0.3, -0.25) is 9.48 Å². The van der Waals surface area contributed by atoms with Crippen LogP contribution in [0.1, 0.15) is 44.0 Å². The van der Waals surface area contributed by atoms with E-state index in [-0.39, 0.29) is 11.5 Å². The van der Waals surface area contributed by atoms with E-state index in [2.05, 4.69) is 36.3 Å². The first-order valence-electron chi connectivity index (χ1n) is 9.35. The molecule has 3 heterocycles. The Kier molecular flexibility index (Phi) is 3.98. The van der Waals surface area contributed by atoms with Crippen molar-refractivity contribution in [1.29, 1.82) is 0 Å². The third-order valence-corrected chi connectivity index (χ3v) is 6.39. The number of fused-ring (bicyclic) bond motifs is 1. The Hall–Kier alpha value is -2.83. The molecule has 4 rings (SSSR count).